The van der Waals surface area contributed by atoms with E-state index < -0.39 is 0 Å². The quantitative estimate of drug-likeness (QED) is 0.435. The van der Waals surface area contributed by atoms with Gasteiger partial charge in [0.25, 0.3) is 0 Å². The zero-order chi connectivity index (χ0) is 23.1. The van der Waals surface area contributed by atoms with Crippen molar-refractivity contribution in [1.29, 1.82) is 0 Å². The Balaban J connectivity index is 1.23. The first-order valence-corrected chi connectivity index (χ1v) is 12.3. The van der Waals surface area contributed by atoms with Gasteiger partial charge in [0.05, 0.1) is 11.9 Å². The Labute approximate surface area is 198 Å². The minimum atomic E-state index is 0.0264. The molecule has 5 rings (SSSR count). The number of carbonyl (C=O) groups is 1. The molecule has 2 aromatic heterocycles. The van der Waals surface area contributed by atoms with E-state index in [0.717, 1.165) is 64.1 Å². The third-order valence-corrected chi connectivity index (χ3v) is 7.42. The van der Waals surface area contributed by atoms with Crippen LogP contribution in [0.1, 0.15) is 35.1 Å². The normalized spacial score (nSPS) is 14.7. The maximum atomic E-state index is 12.9. The van der Waals surface area contributed by atoms with Crippen molar-refractivity contribution < 1.29 is 4.79 Å². The summed E-state index contributed by atoms with van der Waals surface area (Å²) in [6.07, 6.45) is 3.64. The van der Waals surface area contributed by atoms with Crippen molar-refractivity contribution in [1.82, 2.24) is 14.6 Å². The van der Waals surface area contributed by atoms with Crippen molar-refractivity contribution >= 4 is 33.0 Å². The summed E-state index contributed by atoms with van der Waals surface area (Å²) >= 11 is 1.61. The number of piperidine rings is 1. The van der Waals surface area contributed by atoms with Gasteiger partial charge in [-0.2, -0.15) is 0 Å². The van der Waals surface area contributed by atoms with Crippen molar-refractivity contribution in [3.05, 3.63) is 64.8 Å². The summed E-state index contributed by atoms with van der Waals surface area (Å²) in [7, 11) is 0. The summed E-state index contributed by atoms with van der Waals surface area (Å²) in [5, 5.41) is 8.92. The average molecular weight is 460 g/mol. The maximum absolute atomic E-state index is 12.9. The zero-order valence-electron chi connectivity index (χ0n) is 19.6. The van der Waals surface area contributed by atoms with E-state index in [0.29, 0.717) is 0 Å². The van der Waals surface area contributed by atoms with Gasteiger partial charge < -0.3 is 10.2 Å². The van der Waals surface area contributed by atoms with Crippen LogP contribution in [0.4, 0.5) is 10.8 Å². The second kappa shape index (κ2) is 8.63. The highest BCUT2D eigenvalue weighted by Crippen LogP contribution is 2.31. The molecule has 6 nitrogen and oxygen atoms in total. The van der Waals surface area contributed by atoms with Gasteiger partial charge in [0, 0.05) is 30.3 Å². The van der Waals surface area contributed by atoms with Gasteiger partial charge in [0.2, 0.25) is 16.0 Å². The van der Waals surface area contributed by atoms with E-state index in [9.17, 15) is 4.79 Å². The zero-order valence-corrected chi connectivity index (χ0v) is 20.4. The number of rotatable bonds is 4. The third kappa shape index (κ3) is 4.37. The number of imidazole rings is 1. The summed E-state index contributed by atoms with van der Waals surface area (Å²) in [5.41, 5.74) is 7.70. The molecule has 3 heterocycles. The van der Waals surface area contributed by atoms with E-state index in [2.05, 4.69) is 74.3 Å². The van der Waals surface area contributed by atoms with Crippen LogP contribution in [-0.4, -0.2) is 33.6 Å². The number of fused-ring (bicyclic) bond motifs is 1. The lowest BCUT2D eigenvalue weighted by molar-refractivity contribution is -0.120. The van der Waals surface area contributed by atoms with Crippen molar-refractivity contribution in [2.45, 2.75) is 40.5 Å². The van der Waals surface area contributed by atoms with Crippen LogP contribution in [0.3, 0.4) is 0 Å². The highest BCUT2D eigenvalue weighted by molar-refractivity contribution is 7.20. The highest BCUT2D eigenvalue weighted by atomic mass is 32.1. The Morgan fingerprint density at radius 1 is 1.00 bits per heavy atom. The largest absolute Gasteiger partial charge is 0.347 e. The predicted octanol–water partition coefficient (Wildman–Crippen LogP) is 5.55. The van der Waals surface area contributed by atoms with Crippen molar-refractivity contribution in [3.8, 4) is 11.3 Å². The summed E-state index contributed by atoms with van der Waals surface area (Å²) in [6, 6.07) is 12.6. The lowest BCUT2D eigenvalue weighted by atomic mass is 9.95. The van der Waals surface area contributed by atoms with Crippen LogP contribution in [0.2, 0.25) is 0 Å². The molecule has 33 heavy (non-hydrogen) atoms. The molecule has 0 aliphatic carbocycles. The molecule has 1 saturated heterocycles. The van der Waals surface area contributed by atoms with E-state index in [1.165, 1.54) is 11.1 Å². The molecule has 1 N–H and O–H groups in total. The molecule has 1 fully saturated rings. The number of anilines is 2. The van der Waals surface area contributed by atoms with E-state index in [-0.39, 0.29) is 11.8 Å². The molecule has 0 bridgehead atoms. The second-order valence-electron chi connectivity index (χ2n) is 9.13. The molecule has 170 valence electrons. The standard InChI is InChI=1S/C26H29N5OS/c1-16-5-7-20(8-6-16)22-15-31-25(27-22)33-26(29-31)30-11-9-21(10-12-30)24(32)28-23-18(3)13-17(2)14-19(23)4/h5-8,13-15,21H,9-12H2,1-4H3,(H,28,32). The molecule has 0 saturated carbocycles. The molecule has 1 aliphatic rings. The molecule has 0 unspecified atom stereocenters. The monoisotopic (exact) mass is 459 g/mol. The smallest absolute Gasteiger partial charge is 0.227 e. The second-order valence-corrected chi connectivity index (χ2v) is 10.1. The number of benzene rings is 2. The van der Waals surface area contributed by atoms with Crippen LogP contribution < -0.4 is 10.2 Å². The molecule has 1 amide bonds. The van der Waals surface area contributed by atoms with Gasteiger partial charge in [-0.3, -0.25) is 4.79 Å². The molecule has 7 heteroatoms. The Hall–Kier alpha value is -3.19. The lowest BCUT2D eigenvalue weighted by Gasteiger charge is -2.31. The fourth-order valence-electron chi connectivity index (χ4n) is 4.62. The Morgan fingerprint density at radius 3 is 2.30 bits per heavy atom. The number of amides is 1. The van der Waals surface area contributed by atoms with Crippen molar-refractivity contribution in [2.75, 3.05) is 23.3 Å². The number of hydrogen-bond donors (Lipinski definition) is 1. The van der Waals surface area contributed by atoms with Crippen LogP contribution in [0.25, 0.3) is 16.2 Å². The van der Waals surface area contributed by atoms with Gasteiger partial charge in [0.15, 0.2) is 0 Å². The first kappa shape index (κ1) is 21.6. The van der Waals surface area contributed by atoms with Gasteiger partial charge >= 0.3 is 0 Å². The first-order valence-electron chi connectivity index (χ1n) is 11.4. The number of nitrogens with zero attached hydrogens (tertiary/aromatic N) is 4. The molecule has 0 radical (unpaired) electrons. The molecule has 0 atom stereocenters. The van der Waals surface area contributed by atoms with E-state index in [4.69, 9.17) is 10.1 Å². The van der Waals surface area contributed by atoms with Crippen LogP contribution in [0.5, 0.6) is 0 Å². The summed E-state index contributed by atoms with van der Waals surface area (Å²) in [4.78, 5) is 20.9. The number of carbonyl (C=O) groups excluding carboxylic acids is 1. The van der Waals surface area contributed by atoms with Gasteiger partial charge in [-0.15, -0.1) is 5.10 Å². The number of aryl methyl sites for hydroxylation is 4. The average Bonchev–Trinajstić information content (AvgIpc) is 3.36. The van der Waals surface area contributed by atoms with Gasteiger partial charge in [0.1, 0.15) is 0 Å². The van der Waals surface area contributed by atoms with E-state index in [1.807, 2.05) is 10.7 Å². The van der Waals surface area contributed by atoms with E-state index in [1.54, 1.807) is 11.3 Å². The van der Waals surface area contributed by atoms with Crippen LogP contribution >= 0.6 is 11.3 Å². The predicted molar refractivity (Wildman–Crippen MR) is 135 cm³/mol. The highest BCUT2D eigenvalue weighted by Gasteiger charge is 2.27. The SMILES string of the molecule is Cc1ccc(-c2cn3nc(N4CCC(C(=O)Nc5c(C)cc(C)cc5C)CC4)sc3n2)cc1. The molecule has 4 aromatic rings. The molecular weight excluding hydrogens is 430 g/mol. The maximum Gasteiger partial charge on any atom is 0.227 e. The van der Waals surface area contributed by atoms with Gasteiger partial charge in [-0.1, -0.05) is 58.9 Å². The molecule has 0 spiro atoms. The fourth-order valence-corrected chi connectivity index (χ4v) is 5.55. The molecule has 2 aromatic carbocycles. The number of aromatic nitrogens is 3. The molecule has 1 aliphatic heterocycles. The fraction of sp³-hybridized carbons (Fsp3) is 0.346. The molecular formula is C26H29N5OS. The topological polar surface area (TPSA) is 62.5 Å². The van der Waals surface area contributed by atoms with Gasteiger partial charge in [-0.05, 0) is 51.7 Å². The van der Waals surface area contributed by atoms with Crippen LogP contribution in [0, 0.1) is 33.6 Å². The summed E-state index contributed by atoms with van der Waals surface area (Å²) in [5.74, 6) is 0.153. The Morgan fingerprint density at radius 2 is 1.67 bits per heavy atom. The van der Waals surface area contributed by atoms with E-state index >= 15 is 0 Å². The van der Waals surface area contributed by atoms with Crippen molar-refractivity contribution in [3.63, 3.8) is 0 Å². The Bertz CT molecular complexity index is 1260. The summed E-state index contributed by atoms with van der Waals surface area (Å²) in [6.45, 7) is 9.93. The number of hydrogen-bond acceptors (Lipinski definition) is 5. The first-order chi connectivity index (χ1) is 15.9. The number of nitrogens with one attached hydrogen (secondary N) is 1. The van der Waals surface area contributed by atoms with Crippen molar-refractivity contribution in [2.24, 2.45) is 5.92 Å². The minimum absolute atomic E-state index is 0.0264. The van der Waals surface area contributed by atoms with Gasteiger partial charge in [-0.25, -0.2) is 9.50 Å². The van der Waals surface area contributed by atoms with Crippen LogP contribution in [-0.2, 0) is 4.79 Å². The van der Waals surface area contributed by atoms with Crippen LogP contribution in [0.15, 0.2) is 42.6 Å². The summed E-state index contributed by atoms with van der Waals surface area (Å²) < 4.78 is 1.87. The minimum Gasteiger partial charge on any atom is -0.347 e. The lowest BCUT2D eigenvalue weighted by Crippen LogP contribution is -2.38. The Kier molecular flexibility index (Phi) is 5.66. The third-order valence-electron chi connectivity index (χ3n) is 6.44.